The Balaban J connectivity index is 2.09. The van der Waals surface area contributed by atoms with Crippen molar-refractivity contribution in [3.8, 4) is 0 Å². The summed E-state index contributed by atoms with van der Waals surface area (Å²) in [5, 5.41) is 3.63. The molecule has 1 aromatic rings. The zero-order valence-electron chi connectivity index (χ0n) is 11.6. The molecule has 8 heteroatoms. The first-order valence-electron chi connectivity index (χ1n) is 6.57. The fourth-order valence-electron chi connectivity index (χ4n) is 2.59. The number of hydrogen-bond donors (Lipinski definition) is 1. The van der Waals surface area contributed by atoms with Gasteiger partial charge in [0.25, 0.3) is 5.91 Å². The second kappa shape index (κ2) is 5.92. The van der Waals surface area contributed by atoms with Crippen molar-refractivity contribution in [3.63, 3.8) is 0 Å². The number of rotatable bonds is 5. The molecule has 0 unspecified atom stereocenters. The minimum Gasteiger partial charge on any atom is -0.364 e. The molecule has 0 aliphatic carbocycles. The maximum absolute atomic E-state index is 12.2. The van der Waals surface area contributed by atoms with Gasteiger partial charge in [0.05, 0.1) is 6.26 Å². The van der Waals surface area contributed by atoms with E-state index in [1.54, 1.807) is 4.90 Å². The highest BCUT2D eigenvalue weighted by atomic mass is 32.2. The Morgan fingerprint density at radius 1 is 1.55 bits per heavy atom. The van der Waals surface area contributed by atoms with Gasteiger partial charge in [-0.1, -0.05) is 18.5 Å². The van der Waals surface area contributed by atoms with Crippen LogP contribution in [0.3, 0.4) is 0 Å². The zero-order chi connectivity index (χ0) is 14.8. The summed E-state index contributed by atoms with van der Waals surface area (Å²) in [7, 11) is -3.28. The van der Waals surface area contributed by atoms with Gasteiger partial charge in [0.2, 0.25) is 10.0 Å². The lowest BCUT2D eigenvalue weighted by molar-refractivity contribution is 0.0774. The molecule has 1 N–H and O–H groups in total. The molecule has 0 saturated carbocycles. The van der Waals surface area contributed by atoms with Crippen LogP contribution in [0.25, 0.3) is 0 Å². The molecule has 1 fully saturated rings. The molecular formula is C12H19N3O4S. The van der Waals surface area contributed by atoms with E-state index in [-0.39, 0.29) is 23.6 Å². The largest absolute Gasteiger partial charge is 0.364 e. The standard InChI is InChI=1S/C12H19N3O4S/c1-3-4-9-7-15(8-11(9)14-20(2,17)18)12(16)10-5-6-19-13-10/h5-6,9,11,14H,3-4,7-8H2,1-2H3/t9-,11-/m0/s1. The van der Waals surface area contributed by atoms with Crippen molar-refractivity contribution in [2.75, 3.05) is 19.3 Å². The van der Waals surface area contributed by atoms with Gasteiger partial charge < -0.3 is 9.42 Å². The molecule has 0 aromatic carbocycles. The van der Waals surface area contributed by atoms with Crippen LogP contribution in [0.2, 0.25) is 0 Å². The minimum atomic E-state index is -3.28. The number of sulfonamides is 1. The molecule has 1 aliphatic heterocycles. The summed E-state index contributed by atoms with van der Waals surface area (Å²) in [6.45, 7) is 2.94. The highest BCUT2D eigenvalue weighted by molar-refractivity contribution is 7.88. The van der Waals surface area contributed by atoms with Gasteiger partial charge in [-0.2, -0.15) is 0 Å². The fourth-order valence-corrected chi connectivity index (χ4v) is 3.41. The maximum atomic E-state index is 12.2. The summed E-state index contributed by atoms with van der Waals surface area (Å²) in [6.07, 6.45) is 4.30. The van der Waals surface area contributed by atoms with Crippen LogP contribution in [-0.2, 0) is 10.0 Å². The molecule has 2 heterocycles. The van der Waals surface area contributed by atoms with Crippen molar-refractivity contribution in [1.82, 2.24) is 14.8 Å². The van der Waals surface area contributed by atoms with E-state index in [0.29, 0.717) is 13.1 Å². The Morgan fingerprint density at radius 2 is 2.30 bits per heavy atom. The molecule has 2 atom stereocenters. The van der Waals surface area contributed by atoms with E-state index in [4.69, 9.17) is 0 Å². The van der Waals surface area contributed by atoms with Crippen LogP contribution in [-0.4, -0.2) is 49.8 Å². The Kier molecular flexibility index (Phi) is 4.44. The van der Waals surface area contributed by atoms with E-state index in [1.807, 2.05) is 6.92 Å². The van der Waals surface area contributed by atoms with Crippen LogP contribution in [0, 0.1) is 5.92 Å². The number of carbonyl (C=O) groups is 1. The molecule has 20 heavy (non-hydrogen) atoms. The number of hydrogen-bond acceptors (Lipinski definition) is 5. The number of carbonyl (C=O) groups excluding carboxylic acids is 1. The monoisotopic (exact) mass is 301 g/mol. The molecule has 1 saturated heterocycles. The van der Waals surface area contributed by atoms with E-state index in [9.17, 15) is 13.2 Å². The third-order valence-electron chi connectivity index (χ3n) is 3.41. The average Bonchev–Trinajstić information content (AvgIpc) is 2.97. The predicted molar refractivity (Wildman–Crippen MR) is 72.6 cm³/mol. The molecule has 0 spiro atoms. The average molecular weight is 301 g/mol. The number of aromatic nitrogens is 1. The van der Waals surface area contributed by atoms with Gasteiger partial charge in [-0.3, -0.25) is 4.79 Å². The van der Waals surface area contributed by atoms with Crippen LogP contribution in [0.15, 0.2) is 16.9 Å². The first kappa shape index (κ1) is 15.0. The van der Waals surface area contributed by atoms with Crippen molar-refractivity contribution in [3.05, 3.63) is 18.0 Å². The first-order valence-corrected chi connectivity index (χ1v) is 8.47. The van der Waals surface area contributed by atoms with Gasteiger partial charge in [0, 0.05) is 25.2 Å². The Labute approximate surface area is 118 Å². The van der Waals surface area contributed by atoms with Crippen molar-refractivity contribution in [2.45, 2.75) is 25.8 Å². The molecule has 7 nitrogen and oxygen atoms in total. The van der Waals surface area contributed by atoms with Gasteiger partial charge in [0.15, 0.2) is 5.69 Å². The van der Waals surface area contributed by atoms with Gasteiger partial charge in [-0.15, -0.1) is 0 Å². The number of amides is 1. The Morgan fingerprint density at radius 3 is 2.85 bits per heavy atom. The Hall–Kier alpha value is -1.41. The summed E-state index contributed by atoms with van der Waals surface area (Å²) >= 11 is 0. The van der Waals surface area contributed by atoms with E-state index in [2.05, 4.69) is 14.4 Å². The van der Waals surface area contributed by atoms with E-state index < -0.39 is 10.0 Å². The topological polar surface area (TPSA) is 92.5 Å². The molecule has 1 amide bonds. The number of likely N-dealkylation sites (tertiary alicyclic amines) is 1. The van der Waals surface area contributed by atoms with Crippen molar-refractivity contribution in [2.24, 2.45) is 5.92 Å². The SMILES string of the molecule is CCC[C@H]1CN(C(=O)c2ccon2)C[C@@H]1NS(C)(=O)=O. The van der Waals surface area contributed by atoms with Gasteiger partial charge in [0.1, 0.15) is 6.26 Å². The lowest BCUT2D eigenvalue weighted by Crippen LogP contribution is -2.40. The van der Waals surface area contributed by atoms with E-state index >= 15 is 0 Å². The zero-order valence-corrected chi connectivity index (χ0v) is 12.4. The van der Waals surface area contributed by atoms with Crippen LogP contribution in [0.4, 0.5) is 0 Å². The quantitative estimate of drug-likeness (QED) is 0.853. The first-order chi connectivity index (χ1) is 9.40. The summed E-state index contributed by atoms with van der Waals surface area (Å²) in [5.41, 5.74) is 0.250. The second-order valence-electron chi connectivity index (χ2n) is 5.14. The highest BCUT2D eigenvalue weighted by Crippen LogP contribution is 2.23. The van der Waals surface area contributed by atoms with Crippen LogP contribution in [0.1, 0.15) is 30.3 Å². The molecule has 0 radical (unpaired) electrons. The number of nitrogens with one attached hydrogen (secondary N) is 1. The maximum Gasteiger partial charge on any atom is 0.276 e. The molecule has 112 valence electrons. The van der Waals surface area contributed by atoms with E-state index in [0.717, 1.165) is 19.1 Å². The molecule has 1 aliphatic rings. The van der Waals surface area contributed by atoms with Gasteiger partial charge in [-0.05, 0) is 12.3 Å². The summed E-state index contributed by atoms with van der Waals surface area (Å²) in [4.78, 5) is 13.8. The van der Waals surface area contributed by atoms with Gasteiger partial charge >= 0.3 is 0 Å². The lowest BCUT2D eigenvalue weighted by Gasteiger charge is -2.17. The summed E-state index contributed by atoms with van der Waals surface area (Å²) < 4.78 is 30.1. The molecule has 1 aromatic heterocycles. The molecular weight excluding hydrogens is 282 g/mol. The number of nitrogens with zero attached hydrogens (tertiary/aromatic N) is 2. The Bertz CT molecular complexity index is 555. The van der Waals surface area contributed by atoms with Crippen molar-refractivity contribution in [1.29, 1.82) is 0 Å². The third-order valence-corrected chi connectivity index (χ3v) is 4.14. The van der Waals surface area contributed by atoms with Crippen LogP contribution in [0.5, 0.6) is 0 Å². The second-order valence-corrected chi connectivity index (χ2v) is 6.92. The third kappa shape index (κ3) is 3.57. The van der Waals surface area contributed by atoms with Crippen LogP contribution < -0.4 is 4.72 Å². The normalized spacial score (nSPS) is 23.2. The lowest BCUT2D eigenvalue weighted by atomic mass is 9.99. The predicted octanol–water partition coefficient (Wildman–Crippen LogP) is 0.465. The van der Waals surface area contributed by atoms with E-state index in [1.165, 1.54) is 12.3 Å². The van der Waals surface area contributed by atoms with Gasteiger partial charge in [-0.25, -0.2) is 13.1 Å². The molecule has 2 rings (SSSR count). The highest BCUT2D eigenvalue weighted by Gasteiger charge is 2.36. The van der Waals surface area contributed by atoms with Crippen LogP contribution >= 0.6 is 0 Å². The summed E-state index contributed by atoms with van der Waals surface area (Å²) in [5.74, 6) is -0.0942. The van der Waals surface area contributed by atoms with Crippen molar-refractivity contribution >= 4 is 15.9 Å². The summed E-state index contributed by atoms with van der Waals surface area (Å²) in [6, 6.07) is 1.27. The van der Waals surface area contributed by atoms with Crippen molar-refractivity contribution < 1.29 is 17.7 Å². The minimum absolute atomic E-state index is 0.130. The smallest absolute Gasteiger partial charge is 0.276 e. The fraction of sp³-hybridized carbons (Fsp3) is 0.667. The molecule has 0 bridgehead atoms.